The molecule has 1 saturated carbocycles. The number of hydrogen-bond donors (Lipinski definition) is 1. The van der Waals surface area contributed by atoms with Crippen LogP contribution >= 0.6 is 27.5 Å². The second-order valence-electron chi connectivity index (χ2n) is 7.45. The van der Waals surface area contributed by atoms with E-state index in [1.807, 2.05) is 19.9 Å². The van der Waals surface area contributed by atoms with Crippen molar-refractivity contribution in [1.29, 1.82) is 0 Å². The first-order chi connectivity index (χ1) is 11.8. The van der Waals surface area contributed by atoms with Crippen LogP contribution in [0.1, 0.15) is 32.3 Å². The third kappa shape index (κ3) is 3.45. The molecule has 1 aliphatic heterocycles. The van der Waals surface area contributed by atoms with E-state index >= 15 is 0 Å². The van der Waals surface area contributed by atoms with Crippen LogP contribution in [0.4, 0.5) is 0 Å². The van der Waals surface area contributed by atoms with Crippen molar-refractivity contribution in [2.75, 3.05) is 0 Å². The third-order valence-electron chi connectivity index (χ3n) is 5.15. The Kier molecular flexibility index (Phi) is 4.57. The highest BCUT2D eigenvalue weighted by molar-refractivity contribution is 9.10. The standard InChI is InChI=1S/C19H21BrClNO3/c1-19(2)24-16-12(9-15(23)17(16)25-19)6-4-10-3-5-11-8-13(20)18(21)22-14(11)7-10/h3,5,7-8,12,15-17,23H,4,6,9H2,1-2H3/t12-,15-,16+,17-/m0/s1. The van der Waals surface area contributed by atoms with Gasteiger partial charge < -0.3 is 14.6 Å². The van der Waals surface area contributed by atoms with E-state index in [0.717, 1.165) is 34.6 Å². The number of aliphatic hydroxyl groups excluding tert-OH is 1. The summed E-state index contributed by atoms with van der Waals surface area (Å²) in [6, 6.07) is 8.27. The number of hydrogen-bond acceptors (Lipinski definition) is 4. The number of halogens is 2. The van der Waals surface area contributed by atoms with Crippen molar-refractivity contribution in [3.05, 3.63) is 39.5 Å². The fourth-order valence-corrected chi connectivity index (χ4v) is 4.49. The number of rotatable bonds is 3. The van der Waals surface area contributed by atoms with Gasteiger partial charge in [-0.15, -0.1) is 0 Å². The van der Waals surface area contributed by atoms with Crippen LogP contribution in [-0.4, -0.2) is 34.2 Å². The van der Waals surface area contributed by atoms with Crippen molar-refractivity contribution >= 4 is 38.4 Å². The van der Waals surface area contributed by atoms with Crippen LogP contribution in [0.2, 0.25) is 5.15 Å². The Balaban J connectivity index is 1.48. The normalized spacial score (nSPS) is 30.8. The number of aryl methyl sites for hydroxylation is 1. The highest BCUT2D eigenvalue weighted by Crippen LogP contribution is 2.43. The van der Waals surface area contributed by atoms with Gasteiger partial charge in [-0.3, -0.25) is 0 Å². The Bertz CT molecular complexity index is 813. The van der Waals surface area contributed by atoms with Crippen LogP contribution in [0.15, 0.2) is 28.7 Å². The summed E-state index contributed by atoms with van der Waals surface area (Å²) in [6.07, 6.45) is 1.94. The number of fused-ring (bicyclic) bond motifs is 2. The monoisotopic (exact) mass is 425 g/mol. The Labute approximate surface area is 160 Å². The molecule has 4 atom stereocenters. The zero-order chi connectivity index (χ0) is 17.8. The fraction of sp³-hybridized carbons (Fsp3) is 0.526. The van der Waals surface area contributed by atoms with Gasteiger partial charge in [0.1, 0.15) is 11.3 Å². The lowest BCUT2D eigenvalue weighted by molar-refractivity contribution is -0.166. The van der Waals surface area contributed by atoms with Crippen molar-refractivity contribution in [2.45, 2.75) is 57.2 Å². The number of pyridine rings is 1. The summed E-state index contributed by atoms with van der Waals surface area (Å²) in [7, 11) is 0. The van der Waals surface area contributed by atoms with Crippen molar-refractivity contribution in [1.82, 2.24) is 4.98 Å². The number of nitrogens with zero attached hydrogens (tertiary/aromatic N) is 1. The second kappa shape index (κ2) is 6.46. The van der Waals surface area contributed by atoms with Crippen LogP contribution < -0.4 is 0 Å². The van der Waals surface area contributed by atoms with E-state index in [1.165, 1.54) is 5.56 Å². The van der Waals surface area contributed by atoms with E-state index in [2.05, 4.69) is 39.1 Å². The summed E-state index contributed by atoms with van der Waals surface area (Å²) in [5.41, 5.74) is 2.12. The minimum absolute atomic E-state index is 0.0195. The highest BCUT2D eigenvalue weighted by atomic mass is 79.9. The lowest BCUT2D eigenvalue weighted by Crippen LogP contribution is -2.28. The van der Waals surface area contributed by atoms with E-state index < -0.39 is 11.9 Å². The molecule has 0 bridgehead atoms. The van der Waals surface area contributed by atoms with Crippen LogP contribution in [0.25, 0.3) is 10.9 Å². The van der Waals surface area contributed by atoms with Gasteiger partial charge in [0.25, 0.3) is 0 Å². The summed E-state index contributed by atoms with van der Waals surface area (Å²) in [5.74, 6) is -0.301. The maximum absolute atomic E-state index is 10.3. The molecule has 1 aromatic heterocycles. The highest BCUT2D eigenvalue weighted by Gasteiger charge is 2.53. The molecule has 4 rings (SSSR count). The number of aromatic nitrogens is 1. The summed E-state index contributed by atoms with van der Waals surface area (Å²) >= 11 is 9.52. The molecule has 25 heavy (non-hydrogen) atoms. The minimum Gasteiger partial charge on any atom is -0.390 e. The van der Waals surface area contributed by atoms with Gasteiger partial charge in [-0.05, 0) is 72.7 Å². The van der Waals surface area contributed by atoms with Crippen LogP contribution in [0, 0.1) is 5.92 Å². The fourth-order valence-electron chi connectivity index (χ4n) is 4.01. The SMILES string of the molecule is CC1(C)O[C@@H]2[C@@H](CCc3ccc4cc(Br)c(Cl)nc4c3)C[C@H](O)[C@@H]2O1. The number of ether oxygens (including phenoxy) is 2. The Hall–Kier alpha value is -0.720. The average molecular weight is 427 g/mol. The molecule has 2 fully saturated rings. The van der Waals surface area contributed by atoms with Crippen molar-refractivity contribution in [3.63, 3.8) is 0 Å². The lowest BCUT2D eigenvalue weighted by Gasteiger charge is -2.22. The summed E-state index contributed by atoms with van der Waals surface area (Å²) in [4.78, 5) is 4.43. The molecule has 2 aromatic rings. The molecule has 1 N–H and O–H groups in total. The van der Waals surface area contributed by atoms with Gasteiger partial charge in [0.15, 0.2) is 5.79 Å². The van der Waals surface area contributed by atoms with Gasteiger partial charge in [0, 0.05) is 5.39 Å². The first-order valence-corrected chi connectivity index (χ1v) is 9.78. The van der Waals surface area contributed by atoms with E-state index in [-0.39, 0.29) is 12.2 Å². The first kappa shape index (κ1) is 17.7. The maximum atomic E-state index is 10.3. The molecule has 134 valence electrons. The quantitative estimate of drug-likeness (QED) is 0.735. The van der Waals surface area contributed by atoms with Crippen LogP contribution in [0.3, 0.4) is 0 Å². The topological polar surface area (TPSA) is 51.6 Å². The Morgan fingerprint density at radius 1 is 1.28 bits per heavy atom. The van der Waals surface area contributed by atoms with E-state index in [0.29, 0.717) is 11.1 Å². The predicted octanol–water partition coefficient (Wildman–Crippen LogP) is 4.48. The molecular weight excluding hydrogens is 406 g/mol. The molecule has 1 aromatic carbocycles. The zero-order valence-corrected chi connectivity index (χ0v) is 16.5. The molecule has 6 heteroatoms. The first-order valence-electron chi connectivity index (χ1n) is 8.61. The molecule has 1 aliphatic carbocycles. The van der Waals surface area contributed by atoms with Gasteiger partial charge in [-0.25, -0.2) is 4.98 Å². The summed E-state index contributed by atoms with van der Waals surface area (Å²) < 4.78 is 12.7. The van der Waals surface area contributed by atoms with Crippen molar-refractivity contribution in [3.8, 4) is 0 Å². The zero-order valence-electron chi connectivity index (χ0n) is 14.2. The van der Waals surface area contributed by atoms with E-state index in [1.54, 1.807) is 0 Å². The largest absolute Gasteiger partial charge is 0.390 e. The molecule has 4 nitrogen and oxygen atoms in total. The molecule has 1 saturated heterocycles. The van der Waals surface area contributed by atoms with Gasteiger partial charge >= 0.3 is 0 Å². The van der Waals surface area contributed by atoms with Gasteiger partial charge in [-0.2, -0.15) is 0 Å². The van der Waals surface area contributed by atoms with E-state index in [4.69, 9.17) is 21.1 Å². The molecule has 0 radical (unpaired) electrons. The van der Waals surface area contributed by atoms with Gasteiger partial charge in [0.05, 0.1) is 22.2 Å². The average Bonchev–Trinajstić information content (AvgIpc) is 3.01. The Morgan fingerprint density at radius 3 is 2.84 bits per heavy atom. The predicted molar refractivity (Wildman–Crippen MR) is 101 cm³/mol. The minimum atomic E-state index is -0.605. The Morgan fingerprint density at radius 2 is 2.04 bits per heavy atom. The molecular formula is C19H21BrClNO3. The molecule has 0 spiro atoms. The molecule has 2 aliphatic rings. The van der Waals surface area contributed by atoms with Gasteiger partial charge in [0.2, 0.25) is 0 Å². The summed E-state index contributed by atoms with van der Waals surface area (Å²) in [5, 5.41) is 11.8. The van der Waals surface area contributed by atoms with Crippen LogP contribution in [-0.2, 0) is 15.9 Å². The smallest absolute Gasteiger partial charge is 0.163 e. The molecule has 2 heterocycles. The second-order valence-corrected chi connectivity index (χ2v) is 8.67. The molecule has 0 unspecified atom stereocenters. The van der Waals surface area contributed by atoms with Crippen LogP contribution in [0.5, 0.6) is 0 Å². The number of benzene rings is 1. The number of aliphatic hydroxyl groups is 1. The summed E-state index contributed by atoms with van der Waals surface area (Å²) in [6.45, 7) is 3.82. The van der Waals surface area contributed by atoms with Gasteiger partial charge in [-0.1, -0.05) is 23.7 Å². The van der Waals surface area contributed by atoms with Crippen molar-refractivity contribution in [2.24, 2.45) is 5.92 Å². The maximum Gasteiger partial charge on any atom is 0.163 e. The molecule has 0 amide bonds. The van der Waals surface area contributed by atoms with E-state index in [9.17, 15) is 5.11 Å². The third-order valence-corrected chi connectivity index (χ3v) is 6.27. The van der Waals surface area contributed by atoms with Crippen molar-refractivity contribution < 1.29 is 14.6 Å². The lowest BCUT2D eigenvalue weighted by atomic mass is 9.95.